The van der Waals surface area contributed by atoms with E-state index in [-0.39, 0.29) is 11.8 Å². The molecule has 174 valence electrons. The molecular formula is C23H33N5O4. The number of amides is 5. The summed E-state index contributed by atoms with van der Waals surface area (Å²) >= 11 is 0. The van der Waals surface area contributed by atoms with Gasteiger partial charge in [-0.3, -0.25) is 14.4 Å². The monoisotopic (exact) mass is 443 g/mol. The lowest BCUT2D eigenvalue weighted by molar-refractivity contribution is -0.130. The molecule has 0 unspecified atom stereocenters. The van der Waals surface area contributed by atoms with Gasteiger partial charge in [0.2, 0.25) is 17.7 Å². The topological polar surface area (TPSA) is 142 Å². The number of nitrogens with two attached hydrogens (primary N) is 1. The van der Waals surface area contributed by atoms with Crippen molar-refractivity contribution in [2.45, 2.75) is 64.1 Å². The Morgan fingerprint density at radius 2 is 1.88 bits per heavy atom. The number of carbonyl (C=O) groups is 4. The van der Waals surface area contributed by atoms with Crippen molar-refractivity contribution in [3.05, 3.63) is 47.5 Å². The first-order valence-electron chi connectivity index (χ1n) is 10.9. The fourth-order valence-electron chi connectivity index (χ4n) is 3.40. The van der Waals surface area contributed by atoms with E-state index in [4.69, 9.17) is 5.73 Å². The molecule has 1 aromatic rings. The van der Waals surface area contributed by atoms with E-state index in [9.17, 15) is 19.2 Å². The molecule has 1 heterocycles. The molecule has 5 amide bonds. The highest BCUT2D eigenvalue weighted by Crippen LogP contribution is 2.10. The molecule has 1 aliphatic rings. The largest absolute Gasteiger partial charge is 0.353 e. The van der Waals surface area contributed by atoms with E-state index in [1.54, 1.807) is 6.08 Å². The van der Waals surface area contributed by atoms with E-state index >= 15 is 0 Å². The maximum Gasteiger partial charge on any atom is 0.312 e. The average molecular weight is 444 g/mol. The molecule has 0 aliphatic carbocycles. The van der Waals surface area contributed by atoms with Crippen LogP contribution in [0.25, 0.3) is 0 Å². The molecule has 32 heavy (non-hydrogen) atoms. The predicted molar refractivity (Wildman–Crippen MR) is 122 cm³/mol. The standard InChI is InChI=1S/C23H33N5O4/c1-15-7-9-17(10-8-15)14-18-11-12-20(29)25-13-5-3-4-6-19(22(31)27-18)28-21(30)16(2)26-23(24)32/h7-12,16,18-19H,3-6,13-14H2,1-2H3,(H,25,29)(H,27,31)(H,28,30)(H3,24,26,32)/b12-11+/t16-,18+,19-/m0/s1. The Hall–Kier alpha value is -3.36. The first-order valence-corrected chi connectivity index (χ1v) is 10.9. The highest BCUT2D eigenvalue weighted by atomic mass is 16.2. The lowest BCUT2D eigenvalue weighted by Gasteiger charge is -2.23. The van der Waals surface area contributed by atoms with Gasteiger partial charge in [0.1, 0.15) is 12.1 Å². The number of nitrogens with one attached hydrogen (secondary N) is 4. The zero-order chi connectivity index (χ0) is 23.5. The minimum Gasteiger partial charge on any atom is -0.353 e. The second-order valence-corrected chi connectivity index (χ2v) is 8.10. The second kappa shape index (κ2) is 12.5. The number of rotatable bonds is 5. The first kappa shape index (κ1) is 24.9. The fraction of sp³-hybridized carbons (Fsp3) is 0.478. The third-order valence-electron chi connectivity index (χ3n) is 5.24. The van der Waals surface area contributed by atoms with Crippen molar-refractivity contribution in [2.24, 2.45) is 5.73 Å². The molecule has 0 saturated carbocycles. The van der Waals surface area contributed by atoms with Crippen LogP contribution in [0.5, 0.6) is 0 Å². The third-order valence-corrected chi connectivity index (χ3v) is 5.24. The van der Waals surface area contributed by atoms with Crippen molar-refractivity contribution < 1.29 is 19.2 Å². The van der Waals surface area contributed by atoms with Crippen LogP contribution < -0.4 is 27.0 Å². The molecule has 2 rings (SSSR count). The number of primary amides is 1. The molecular weight excluding hydrogens is 410 g/mol. The van der Waals surface area contributed by atoms with Crippen LogP contribution in [-0.2, 0) is 20.8 Å². The minimum absolute atomic E-state index is 0.205. The molecule has 0 spiro atoms. The van der Waals surface area contributed by atoms with Crippen LogP contribution in [0.4, 0.5) is 4.79 Å². The van der Waals surface area contributed by atoms with E-state index in [1.807, 2.05) is 31.2 Å². The molecule has 6 N–H and O–H groups in total. The van der Waals surface area contributed by atoms with E-state index in [2.05, 4.69) is 21.3 Å². The molecule has 3 atom stereocenters. The van der Waals surface area contributed by atoms with E-state index in [0.717, 1.165) is 24.0 Å². The number of hydrogen-bond donors (Lipinski definition) is 5. The smallest absolute Gasteiger partial charge is 0.312 e. The molecule has 1 aliphatic heterocycles. The summed E-state index contributed by atoms with van der Waals surface area (Å²) in [5.74, 6) is -1.04. The van der Waals surface area contributed by atoms with Gasteiger partial charge in [-0.1, -0.05) is 48.7 Å². The molecule has 1 aromatic carbocycles. The second-order valence-electron chi connectivity index (χ2n) is 8.10. The summed E-state index contributed by atoms with van der Waals surface area (Å²) in [6.45, 7) is 4.04. The van der Waals surface area contributed by atoms with Crippen LogP contribution in [-0.4, -0.2) is 48.4 Å². The summed E-state index contributed by atoms with van der Waals surface area (Å²) in [6.07, 6.45) is 6.30. The molecule has 9 nitrogen and oxygen atoms in total. The Bertz CT molecular complexity index is 837. The van der Waals surface area contributed by atoms with Crippen molar-refractivity contribution >= 4 is 23.8 Å². The van der Waals surface area contributed by atoms with Crippen LogP contribution in [0.15, 0.2) is 36.4 Å². The van der Waals surface area contributed by atoms with Crippen molar-refractivity contribution in [1.82, 2.24) is 21.3 Å². The SMILES string of the molecule is Cc1ccc(C[C@H]2/C=C/C(=O)NCCCCC[C@H](NC(=O)[C@H](C)NC(N)=O)C(=O)N2)cc1. The van der Waals surface area contributed by atoms with Gasteiger partial charge in [-0.25, -0.2) is 4.79 Å². The summed E-state index contributed by atoms with van der Waals surface area (Å²) in [5, 5.41) is 10.8. The van der Waals surface area contributed by atoms with Gasteiger partial charge < -0.3 is 27.0 Å². The highest BCUT2D eigenvalue weighted by molar-refractivity contribution is 5.92. The maximum absolute atomic E-state index is 13.1. The quantitative estimate of drug-likeness (QED) is 0.459. The van der Waals surface area contributed by atoms with Gasteiger partial charge in [-0.05, 0) is 38.7 Å². The normalized spacial score (nSPS) is 22.1. The Balaban J connectivity index is 2.17. The third kappa shape index (κ3) is 8.79. The molecule has 0 saturated heterocycles. The summed E-state index contributed by atoms with van der Waals surface area (Å²) in [4.78, 5) is 48.6. The van der Waals surface area contributed by atoms with Gasteiger partial charge in [-0.15, -0.1) is 0 Å². The van der Waals surface area contributed by atoms with E-state index in [1.165, 1.54) is 13.0 Å². The average Bonchev–Trinajstić information content (AvgIpc) is 2.74. The van der Waals surface area contributed by atoms with Gasteiger partial charge in [0.25, 0.3) is 0 Å². The number of carbonyl (C=O) groups excluding carboxylic acids is 4. The molecule has 0 radical (unpaired) electrons. The Morgan fingerprint density at radius 1 is 1.16 bits per heavy atom. The maximum atomic E-state index is 13.1. The van der Waals surface area contributed by atoms with Gasteiger partial charge in [0.05, 0.1) is 6.04 Å². The molecule has 0 aromatic heterocycles. The zero-order valence-corrected chi connectivity index (χ0v) is 18.6. The number of hydrogen-bond acceptors (Lipinski definition) is 4. The number of aryl methyl sites for hydroxylation is 1. The summed E-state index contributed by atoms with van der Waals surface area (Å²) < 4.78 is 0. The van der Waals surface area contributed by atoms with Crippen LogP contribution in [0.1, 0.15) is 43.7 Å². The van der Waals surface area contributed by atoms with Gasteiger partial charge in [-0.2, -0.15) is 0 Å². The van der Waals surface area contributed by atoms with Crippen molar-refractivity contribution in [1.29, 1.82) is 0 Å². The van der Waals surface area contributed by atoms with Gasteiger partial charge in [0, 0.05) is 12.6 Å². The van der Waals surface area contributed by atoms with Gasteiger partial charge in [0.15, 0.2) is 0 Å². The molecule has 9 heteroatoms. The lowest BCUT2D eigenvalue weighted by atomic mass is 10.0. The predicted octanol–water partition coefficient (Wildman–Crippen LogP) is 0.810. The Morgan fingerprint density at radius 3 is 2.56 bits per heavy atom. The number of urea groups is 1. The molecule has 0 bridgehead atoms. The lowest BCUT2D eigenvalue weighted by Crippen LogP contribution is -2.54. The van der Waals surface area contributed by atoms with E-state index in [0.29, 0.717) is 25.8 Å². The van der Waals surface area contributed by atoms with Crippen molar-refractivity contribution in [2.75, 3.05) is 6.54 Å². The first-order chi connectivity index (χ1) is 15.2. The zero-order valence-electron chi connectivity index (χ0n) is 18.6. The van der Waals surface area contributed by atoms with Crippen LogP contribution in [0, 0.1) is 6.92 Å². The molecule has 0 fully saturated rings. The Labute approximate surface area is 188 Å². The number of benzene rings is 1. The van der Waals surface area contributed by atoms with Gasteiger partial charge >= 0.3 is 6.03 Å². The summed E-state index contributed by atoms with van der Waals surface area (Å²) in [5.41, 5.74) is 7.22. The highest BCUT2D eigenvalue weighted by Gasteiger charge is 2.25. The fourth-order valence-corrected chi connectivity index (χ4v) is 3.40. The van der Waals surface area contributed by atoms with Crippen molar-refractivity contribution in [3.63, 3.8) is 0 Å². The van der Waals surface area contributed by atoms with Crippen molar-refractivity contribution in [3.8, 4) is 0 Å². The Kier molecular flexibility index (Phi) is 9.72. The van der Waals surface area contributed by atoms with Crippen LogP contribution in [0.2, 0.25) is 0 Å². The van der Waals surface area contributed by atoms with E-state index < -0.39 is 30.1 Å². The van der Waals surface area contributed by atoms with Crippen LogP contribution in [0.3, 0.4) is 0 Å². The minimum atomic E-state index is -0.866. The van der Waals surface area contributed by atoms with Crippen LogP contribution >= 0.6 is 0 Å². The summed E-state index contributed by atoms with van der Waals surface area (Å²) in [7, 11) is 0. The summed E-state index contributed by atoms with van der Waals surface area (Å²) in [6, 6.07) is 5.06.